The molecule has 8 nitrogen and oxygen atoms in total. The third-order valence-electron chi connectivity index (χ3n) is 6.46. The zero-order valence-electron chi connectivity index (χ0n) is 17.7. The van der Waals surface area contributed by atoms with Crippen LogP contribution in [0, 0.1) is 17.2 Å². The summed E-state index contributed by atoms with van der Waals surface area (Å²) >= 11 is 0. The van der Waals surface area contributed by atoms with Crippen LogP contribution in [-0.2, 0) is 23.0 Å². The molecule has 164 valence electrons. The van der Waals surface area contributed by atoms with Crippen molar-refractivity contribution in [3.05, 3.63) is 58.6 Å². The number of carbonyl (C=O) groups is 1. The van der Waals surface area contributed by atoms with Crippen LogP contribution >= 0.6 is 0 Å². The molecule has 1 amide bonds. The predicted molar refractivity (Wildman–Crippen MR) is 118 cm³/mol. The third-order valence-corrected chi connectivity index (χ3v) is 6.46. The summed E-state index contributed by atoms with van der Waals surface area (Å²) in [7, 11) is 1.68. The monoisotopic (exact) mass is 432 g/mol. The van der Waals surface area contributed by atoms with E-state index in [4.69, 9.17) is 9.15 Å². The van der Waals surface area contributed by atoms with Crippen LogP contribution in [0.5, 0.6) is 0 Å². The molecule has 0 bridgehead atoms. The van der Waals surface area contributed by atoms with Crippen LogP contribution in [0.15, 0.2) is 51.7 Å². The normalized spacial score (nSPS) is 23.1. The van der Waals surface area contributed by atoms with E-state index >= 15 is 0 Å². The van der Waals surface area contributed by atoms with Crippen molar-refractivity contribution in [2.24, 2.45) is 13.0 Å². The molecule has 0 saturated carbocycles. The van der Waals surface area contributed by atoms with Gasteiger partial charge in [-0.2, -0.15) is 5.26 Å². The number of carbonyl (C=O) groups excluding carboxylic acids is 1. The molecule has 3 aromatic rings. The van der Waals surface area contributed by atoms with Crippen molar-refractivity contribution in [1.29, 1.82) is 5.26 Å². The van der Waals surface area contributed by atoms with Crippen molar-refractivity contribution < 1.29 is 13.9 Å². The van der Waals surface area contributed by atoms with Gasteiger partial charge in [-0.05, 0) is 35.2 Å². The van der Waals surface area contributed by atoms with Gasteiger partial charge in [-0.1, -0.05) is 30.3 Å². The predicted octanol–water partition coefficient (Wildman–Crippen LogP) is 1.73. The number of hydrogen-bond acceptors (Lipinski definition) is 6. The average Bonchev–Trinajstić information content (AvgIpc) is 3.48. The maximum Gasteiger partial charge on any atom is 0.419 e. The lowest BCUT2D eigenvalue weighted by Crippen LogP contribution is -2.47. The van der Waals surface area contributed by atoms with E-state index in [0.717, 1.165) is 28.6 Å². The van der Waals surface area contributed by atoms with Gasteiger partial charge in [0.2, 0.25) is 5.91 Å². The van der Waals surface area contributed by atoms with Gasteiger partial charge in [0.05, 0.1) is 30.8 Å². The Morgan fingerprint density at radius 3 is 2.78 bits per heavy atom. The van der Waals surface area contributed by atoms with E-state index in [-0.39, 0.29) is 23.7 Å². The van der Waals surface area contributed by atoms with Crippen molar-refractivity contribution in [1.82, 2.24) is 15.2 Å². The molecule has 8 heteroatoms. The highest BCUT2D eigenvalue weighted by molar-refractivity contribution is 5.83. The minimum atomic E-state index is -0.594. The van der Waals surface area contributed by atoms with E-state index in [1.165, 1.54) is 4.57 Å². The van der Waals surface area contributed by atoms with Crippen LogP contribution in [0.1, 0.15) is 12.0 Å². The Kier molecular flexibility index (Phi) is 5.29. The summed E-state index contributed by atoms with van der Waals surface area (Å²) in [5.41, 5.74) is 4.21. The zero-order chi connectivity index (χ0) is 22.2. The van der Waals surface area contributed by atoms with E-state index in [1.54, 1.807) is 13.1 Å². The lowest BCUT2D eigenvalue weighted by atomic mass is 10.00. The smallest absolute Gasteiger partial charge is 0.408 e. The van der Waals surface area contributed by atoms with E-state index in [0.29, 0.717) is 31.1 Å². The van der Waals surface area contributed by atoms with Gasteiger partial charge in [0, 0.05) is 25.4 Å². The van der Waals surface area contributed by atoms with Gasteiger partial charge in [-0.15, -0.1) is 0 Å². The Morgan fingerprint density at radius 2 is 2.03 bits per heavy atom. The lowest BCUT2D eigenvalue weighted by molar-refractivity contribution is -0.123. The van der Waals surface area contributed by atoms with Gasteiger partial charge in [-0.3, -0.25) is 9.36 Å². The molecule has 2 aliphatic rings. The Hall–Kier alpha value is -3.41. The highest BCUT2D eigenvalue weighted by Crippen LogP contribution is 2.27. The molecule has 32 heavy (non-hydrogen) atoms. The first-order valence-corrected chi connectivity index (χ1v) is 10.7. The van der Waals surface area contributed by atoms with Crippen LogP contribution < -0.4 is 16.4 Å². The number of rotatable bonds is 5. The van der Waals surface area contributed by atoms with Gasteiger partial charge in [0.25, 0.3) is 0 Å². The Balaban J connectivity index is 1.24. The summed E-state index contributed by atoms with van der Waals surface area (Å²) in [6.45, 7) is 1.34. The minimum absolute atomic E-state index is 0.124. The maximum absolute atomic E-state index is 12.6. The van der Waals surface area contributed by atoms with Gasteiger partial charge in [0.1, 0.15) is 6.04 Å². The van der Waals surface area contributed by atoms with Crippen LogP contribution in [0.2, 0.25) is 0 Å². The van der Waals surface area contributed by atoms with Gasteiger partial charge in [0.15, 0.2) is 5.58 Å². The molecule has 4 atom stereocenters. The van der Waals surface area contributed by atoms with Gasteiger partial charge in [-0.25, -0.2) is 4.79 Å². The number of benzene rings is 2. The second-order valence-corrected chi connectivity index (χ2v) is 8.56. The Morgan fingerprint density at radius 1 is 1.25 bits per heavy atom. The first-order valence-electron chi connectivity index (χ1n) is 10.7. The SMILES string of the molecule is Cn1c(=O)oc2ccc(-c3ccc(CC(C#N)NC(=O)C4CC5COCC5N4)cc3)cc21. The fraction of sp³-hybridized carbons (Fsp3) is 0.375. The highest BCUT2D eigenvalue weighted by atomic mass is 16.5. The van der Waals surface area contributed by atoms with Crippen molar-refractivity contribution in [2.75, 3.05) is 13.2 Å². The van der Waals surface area contributed by atoms with Crippen molar-refractivity contribution >= 4 is 17.0 Å². The molecular weight excluding hydrogens is 408 g/mol. The number of hydrogen-bond donors (Lipinski definition) is 2. The van der Waals surface area contributed by atoms with Crippen LogP contribution in [-0.4, -0.2) is 41.8 Å². The number of nitriles is 1. The quantitative estimate of drug-likeness (QED) is 0.636. The number of aromatic nitrogens is 1. The Labute approximate surface area is 184 Å². The molecule has 2 aliphatic heterocycles. The molecule has 0 radical (unpaired) electrons. The van der Waals surface area contributed by atoms with E-state index < -0.39 is 6.04 Å². The van der Waals surface area contributed by atoms with E-state index in [2.05, 4.69) is 16.7 Å². The first-order chi connectivity index (χ1) is 15.5. The molecule has 3 heterocycles. The highest BCUT2D eigenvalue weighted by Gasteiger charge is 2.40. The number of nitrogens with one attached hydrogen (secondary N) is 2. The average molecular weight is 432 g/mol. The second kappa shape index (κ2) is 8.26. The molecule has 5 rings (SSSR count). The number of amides is 1. The van der Waals surface area contributed by atoms with Gasteiger partial charge < -0.3 is 19.8 Å². The summed E-state index contributed by atoms with van der Waals surface area (Å²) < 4.78 is 12.1. The van der Waals surface area contributed by atoms with Crippen LogP contribution in [0.4, 0.5) is 0 Å². The number of oxazole rings is 1. The number of fused-ring (bicyclic) bond motifs is 2. The molecular formula is C24H24N4O4. The number of nitrogens with zero attached hydrogens (tertiary/aromatic N) is 2. The second-order valence-electron chi connectivity index (χ2n) is 8.56. The molecule has 0 spiro atoms. The van der Waals surface area contributed by atoms with Crippen molar-refractivity contribution in [3.8, 4) is 17.2 Å². The lowest BCUT2D eigenvalue weighted by Gasteiger charge is -2.17. The van der Waals surface area contributed by atoms with Crippen LogP contribution in [0.25, 0.3) is 22.2 Å². The minimum Gasteiger partial charge on any atom is -0.408 e. The third kappa shape index (κ3) is 3.81. The largest absolute Gasteiger partial charge is 0.419 e. The fourth-order valence-corrected chi connectivity index (χ4v) is 4.60. The maximum atomic E-state index is 12.6. The van der Waals surface area contributed by atoms with E-state index in [9.17, 15) is 14.9 Å². The van der Waals surface area contributed by atoms with Crippen LogP contribution in [0.3, 0.4) is 0 Å². The Bertz CT molecular complexity index is 1240. The number of aryl methyl sites for hydroxylation is 1. The first kappa shape index (κ1) is 20.5. The topological polar surface area (TPSA) is 109 Å². The van der Waals surface area contributed by atoms with Gasteiger partial charge >= 0.3 is 5.76 Å². The molecule has 1 aromatic heterocycles. The molecule has 2 saturated heterocycles. The molecule has 2 aromatic carbocycles. The van der Waals surface area contributed by atoms with Crippen molar-refractivity contribution in [2.45, 2.75) is 31.0 Å². The summed E-state index contributed by atoms with van der Waals surface area (Å²) in [5, 5.41) is 15.8. The molecule has 4 unspecified atom stereocenters. The summed E-state index contributed by atoms with van der Waals surface area (Å²) in [5.74, 6) is -0.134. The van der Waals surface area contributed by atoms with E-state index in [1.807, 2.05) is 36.4 Å². The standard InChI is InChI=1S/C24H24N4O4/c1-28-21-10-16(6-7-22(21)32-24(28)30)15-4-2-14(3-5-15)8-18(11-25)26-23(29)19-9-17-12-31-13-20(17)27-19/h2-7,10,17-20,27H,8-9,12-13H2,1H3,(H,26,29). The molecule has 0 aliphatic carbocycles. The summed E-state index contributed by atoms with van der Waals surface area (Å²) in [4.78, 5) is 24.3. The zero-order valence-corrected chi connectivity index (χ0v) is 17.7. The fourth-order valence-electron chi connectivity index (χ4n) is 4.60. The van der Waals surface area contributed by atoms with Crippen molar-refractivity contribution in [3.63, 3.8) is 0 Å². The summed E-state index contributed by atoms with van der Waals surface area (Å²) in [6.07, 6.45) is 1.18. The molecule has 2 N–H and O–H groups in total. The number of ether oxygens (including phenoxy) is 1. The summed E-state index contributed by atoms with van der Waals surface area (Å²) in [6, 6.07) is 15.1. The molecule has 2 fully saturated rings.